The standard InChI is InChI=1S/C10H18O/c1-4-8-7-9(11)5-6-10(8,2)3/h5-6,8-9,11H,4,7H2,1-3H3. The number of rotatable bonds is 1. The van der Waals surface area contributed by atoms with E-state index < -0.39 is 0 Å². The second-order valence-electron chi connectivity index (χ2n) is 4.09. The maximum Gasteiger partial charge on any atom is 0.0724 e. The fourth-order valence-electron chi connectivity index (χ4n) is 1.86. The maximum atomic E-state index is 9.36. The van der Waals surface area contributed by atoms with Gasteiger partial charge in [0.2, 0.25) is 0 Å². The second kappa shape index (κ2) is 2.98. The third kappa shape index (κ3) is 1.84. The SMILES string of the molecule is CCC1CC(O)C=CC1(C)C. The molecule has 0 fully saturated rings. The predicted octanol–water partition coefficient (Wildman–Crippen LogP) is 2.36. The summed E-state index contributed by atoms with van der Waals surface area (Å²) in [7, 11) is 0. The zero-order valence-corrected chi connectivity index (χ0v) is 7.67. The minimum atomic E-state index is -0.201. The van der Waals surface area contributed by atoms with E-state index in [1.54, 1.807) is 0 Å². The molecule has 2 atom stereocenters. The van der Waals surface area contributed by atoms with Gasteiger partial charge in [0.05, 0.1) is 6.10 Å². The summed E-state index contributed by atoms with van der Waals surface area (Å²) in [6.45, 7) is 6.67. The van der Waals surface area contributed by atoms with Crippen LogP contribution in [0.4, 0.5) is 0 Å². The van der Waals surface area contributed by atoms with Crippen LogP contribution in [0.25, 0.3) is 0 Å². The third-order valence-electron chi connectivity index (χ3n) is 2.82. The van der Waals surface area contributed by atoms with Crippen LogP contribution >= 0.6 is 0 Å². The van der Waals surface area contributed by atoms with Crippen molar-refractivity contribution in [2.75, 3.05) is 0 Å². The molecule has 0 amide bonds. The van der Waals surface area contributed by atoms with Crippen molar-refractivity contribution in [3.8, 4) is 0 Å². The van der Waals surface area contributed by atoms with Gasteiger partial charge in [-0.1, -0.05) is 39.3 Å². The maximum absolute atomic E-state index is 9.36. The van der Waals surface area contributed by atoms with E-state index >= 15 is 0 Å². The summed E-state index contributed by atoms with van der Waals surface area (Å²) in [5.41, 5.74) is 0.286. The largest absolute Gasteiger partial charge is 0.389 e. The fraction of sp³-hybridized carbons (Fsp3) is 0.800. The van der Waals surface area contributed by atoms with E-state index in [4.69, 9.17) is 0 Å². The molecule has 0 spiro atoms. The molecule has 0 radical (unpaired) electrons. The lowest BCUT2D eigenvalue weighted by Gasteiger charge is -2.35. The molecular formula is C10H18O. The predicted molar refractivity (Wildman–Crippen MR) is 47.3 cm³/mol. The number of aliphatic hydroxyl groups is 1. The first kappa shape index (κ1) is 8.79. The van der Waals surface area contributed by atoms with Crippen molar-refractivity contribution in [1.29, 1.82) is 0 Å². The summed E-state index contributed by atoms with van der Waals surface area (Å²) in [5, 5.41) is 9.36. The Labute approximate surface area is 69.1 Å². The highest BCUT2D eigenvalue weighted by atomic mass is 16.3. The molecule has 0 bridgehead atoms. The Bertz CT molecular complexity index is 158. The van der Waals surface area contributed by atoms with Gasteiger partial charge in [-0.15, -0.1) is 0 Å². The van der Waals surface area contributed by atoms with Crippen LogP contribution in [0, 0.1) is 11.3 Å². The monoisotopic (exact) mass is 154 g/mol. The third-order valence-corrected chi connectivity index (χ3v) is 2.82. The highest BCUT2D eigenvalue weighted by Crippen LogP contribution is 2.37. The minimum absolute atomic E-state index is 0.201. The Morgan fingerprint density at radius 3 is 2.64 bits per heavy atom. The van der Waals surface area contributed by atoms with Gasteiger partial charge in [0.25, 0.3) is 0 Å². The summed E-state index contributed by atoms with van der Waals surface area (Å²) in [6.07, 6.45) is 5.96. The fourth-order valence-corrected chi connectivity index (χ4v) is 1.86. The molecule has 2 unspecified atom stereocenters. The minimum Gasteiger partial charge on any atom is -0.389 e. The first-order chi connectivity index (χ1) is 5.06. The van der Waals surface area contributed by atoms with E-state index in [1.807, 2.05) is 6.08 Å². The molecule has 11 heavy (non-hydrogen) atoms. The summed E-state index contributed by atoms with van der Waals surface area (Å²) in [6, 6.07) is 0. The van der Waals surface area contributed by atoms with Crippen LogP contribution < -0.4 is 0 Å². The van der Waals surface area contributed by atoms with Crippen LogP contribution in [0.3, 0.4) is 0 Å². The van der Waals surface area contributed by atoms with Crippen LogP contribution in [0.2, 0.25) is 0 Å². The molecule has 1 aliphatic carbocycles. The Morgan fingerprint density at radius 1 is 1.55 bits per heavy atom. The lowest BCUT2D eigenvalue weighted by atomic mass is 9.71. The lowest BCUT2D eigenvalue weighted by molar-refractivity contribution is 0.126. The van der Waals surface area contributed by atoms with Gasteiger partial charge in [0.15, 0.2) is 0 Å². The van der Waals surface area contributed by atoms with Crippen LogP contribution in [0.5, 0.6) is 0 Å². The average molecular weight is 154 g/mol. The van der Waals surface area contributed by atoms with Gasteiger partial charge in [-0.3, -0.25) is 0 Å². The number of hydrogen-bond acceptors (Lipinski definition) is 1. The molecule has 0 saturated carbocycles. The first-order valence-corrected chi connectivity index (χ1v) is 4.43. The molecule has 1 aliphatic rings. The summed E-state index contributed by atoms with van der Waals surface area (Å²) < 4.78 is 0. The molecule has 1 nitrogen and oxygen atoms in total. The van der Waals surface area contributed by atoms with E-state index in [-0.39, 0.29) is 11.5 Å². The highest BCUT2D eigenvalue weighted by molar-refractivity contribution is 5.06. The lowest BCUT2D eigenvalue weighted by Crippen LogP contribution is -2.29. The molecular weight excluding hydrogens is 136 g/mol. The smallest absolute Gasteiger partial charge is 0.0724 e. The number of hydrogen-bond donors (Lipinski definition) is 1. The molecule has 1 heteroatoms. The van der Waals surface area contributed by atoms with Gasteiger partial charge < -0.3 is 5.11 Å². The van der Waals surface area contributed by atoms with Gasteiger partial charge in [-0.05, 0) is 17.8 Å². The normalized spacial score (nSPS) is 35.6. The molecule has 0 heterocycles. The molecule has 0 aromatic carbocycles. The Hall–Kier alpha value is -0.300. The van der Waals surface area contributed by atoms with Crippen molar-refractivity contribution in [1.82, 2.24) is 0 Å². The quantitative estimate of drug-likeness (QED) is 0.575. The molecule has 64 valence electrons. The van der Waals surface area contributed by atoms with Crippen LogP contribution in [-0.4, -0.2) is 11.2 Å². The second-order valence-corrected chi connectivity index (χ2v) is 4.09. The first-order valence-electron chi connectivity index (χ1n) is 4.43. The molecule has 0 aromatic heterocycles. The summed E-state index contributed by atoms with van der Waals surface area (Å²) in [4.78, 5) is 0. The summed E-state index contributed by atoms with van der Waals surface area (Å²) >= 11 is 0. The van der Waals surface area contributed by atoms with Crippen molar-refractivity contribution in [2.45, 2.75) is 39.7 Å². The van der Waals surface area contributed by atoms with Gasteiger partial charge in [-0.25, -0.2) is 0 Å². The molecule has 0 saturated heterocycles. The summed E-state index contributed by atoms with van der Waals surface area (Å²) in [5.74, 6) is 0.641. The van der Waals surface area contributed by atoms with Crippen LogP contribution in [0.15, 0.2) is 12.2 Å². The van der Waals surface area contributed by atoms with E-state index in [9.17, 15) is 5.11 Å². The highest BCUT2D eigenvalue weighted by Gasteiger charge is 2.30. The molecule has 0 aliphatic heterocycles. The van der Waals surface area contributed by atoms with Gasteiger partial charge in [0, 0.05) is 0 Å². The van der Waals surface area contributed by atoms with Crippen molar-refractivity contribution in [3.05, 3.63) is 12.2 Å². The van der Waals surface area contributed by atoms with Crippen LogP contribution in [0.1, 0.15) is 33.6 Å². The van der Waals surface area contributed by atoms with Crippen molar-refractivity contribution in [3.63, 3.8) is 0 Å². The Morgan fingerprint density at radius 2 is 2.18 bits per heavy atom. The zero-order chi connectivity index (χ0) is 8.48. The van der Waals surface area contributed by atoms with E-state index in [0.717, 1.165) is 12.8 Å². The molecule has 1 rings (SSSR count). The average Bonchev–Trinajstić information content (AvgIpc) is 1.94. The van der Waals surface area contributed by atoms with Crippen molar-refractivity contribution >= 4 is 0 Å². The molecule has 1 N–H and O–H groups in total. The topological polar surface area (TPSA) is 20.2 Å². The Kier molecular flexibility index (Phi) is 2.38. The van der Waals surface area contributed by atoms with Gasteiger partial charge in [-0.2, -0.15) is 0 Å². The molecule has 0 aromatic rings. The van der Waals surface area contributed by atoms with Gasteiger partial charge >= 0.3 is 0 Å². The van der Waals surface area contributed by atoms with E-state index in [1.165, 1.54) is 0 Å². The zero-order valence-electron chi connectivity index (χ0n) is 7.67. The van der Waals surface area contributed by atoms with Crippen LogP contribution in [-0.2, 0) is 0 Å². The van der Waals surface area contributed by atoms with Gasteiger partial charge in [0.1, 0.15) is 0 Å². The number of allylic oxidation sites excluding steroid dienone is 1. The van der Waals surface area contributed by atoms with Crippen molar-refractivity contribution < 1.29 is 5.11 Å². The van der Waals surface area contributed by atoms with Crippen molar-refractivity contribution in [2.24, 2.45) is 11.3 Å². The number of aliphatic hydroxyl groups excluding tert-OH is 1. The van der Waals surface area contributed by atoms with E-state index in [2.05, 4.69) is 26.8 Å². The van der Waals surface area contributed by atoms with E-state index in [0.29, 0.717) is 5.92 Å². The Balaban J connectivity index is 2.72.